The summed E-state index contributed by atoms with van der Waals surface area (Å²) in [7, 11) is 0. The van der Waals surface area contributed by atoms with Crippen molar-refractivity contribution in [2.24, 2.45) is 0 Å². The van der Waals surface area contributed by atoms with Gasteiger partial charge in [-0.1, -0.05) is 23.4 Å². The Kier molecular flexibility index (Phi) is 6.22. The number of alkyl halides is 3. The van der Waals surface area contributed by atoms with E-state index in [-0.39, 0.29) is 24.0 Å². The SMILES string of the molecule is CC(c1ccccc1C(F)(F)F)n1nnc2c1CCN(c1cnn(PI)c(=O)c1C#N)C2. The molecule has 0 fully saturated rings. The molecule has 4 rings (SSSR count). The van der Waals surface area contributed by atoms with E-state index in [9.17, 15) is 23.2 Å². The van der Waals surface area contributed by atoms with Gasteiger partial charge in [-0.3, -0.25) is 4.79 Å². The first kappa shape index (κ1) is 22.7. The molecule has 2 unspecified atom stereocenters. The number of hydrogen-bond acceptors (Lipinski definition) is 6. The Morgan fingerprint density at radius 3 is 2.75 bits per heavy atom. The maximum absolute atomic E-state index is 13.5. The molecule has 32 heavy (non-hydrogen) atoms. The lowest BCUT2D eigenvalue weighted by molar-refractivity contribution is -0.138. The number of nitriles is 1. The summed E-state index contributed by atoms with van der Waals surface area (Å²) in [5.41, 5.74) is 0.719. The van der Waals surface area contributed by atoms with Gasteiger partial charge in [-0.05, 0) is 40.6 Å². The molecule has 0 N–H and O–H groups in total. The quantitative estimate of drug-likeness (QED) is 0.350. The van der Waals surface area contributed by atoms with Crippen LogP contribution in [0.4, 0.5) is 18.9 Å². The fraction of sp³-hybridized carbons (Fsp3) is 0.316. The van der Waals surface area contributed by atoms with Crippen molar-refractivity contribution in [3.8, 4) is 6.07 Å². The van der Waals surface area contributed by atoms with Gasteiger partial charge in [0.25, 0.3) is 5.56 Å². The molecule has 1 aliphatic rings. The molecule has 0 aliphatic carbocycles. The standard InChI is InChI=1S/C19H16F3IN7OP/c1-11(12-4-2-3-5-14(12)19(20,21)22)29-16-6-7-28(10-15(16)26-27-29)17-9-25-30(32-23)18(31)13(17)8-24/h2-5,9,11,32H,6-7,10H2,1H3. The van der Waals surface area contributed by atoms with Crippen molar-refractivity contribution >= 4 is 34.1 Å². The zero-order valence-electron chi connectivity index (χ0n) is 16.6. The van der Waals surface area contributed by atoms with Gasteiger partial charge in [-0.15, -0.1) is 5.10 Å². The third kappa shape index (κ3) is 3.99. The van der Waals surface area contributed by atoms with Crippen molar-refractivity contribution in [3.63, 3.8) is 0 Å². The number of benzene rings is 1. The summed E-state index contributed by atoms with van der Waals surface area (Å²) in [5.74, 6) is 0. The van der Waals surface area contributed by atoms with Crippen LogP contribution in [0.5, 0.6) is 0 Å². The van der Waals surface area contributed by atoms with Gasteiger partial charge in [-0.25, -0.2) is 9.13 Å². The minimum atomic E-state index is -4.47. The fourth-order valence-corrected chi connectivity index (χ4v) is 5.17. The summed E-state index contributed by atoms with van der Waals surface area (Å²) >= 11 is 2.01. The summed E-state index contributed by atoms with van der Waals surface area (Å²) in [5, 5.41) is 21.9. The molecule has 2 atom stereocenters. The predicted molar refractivity (Wildman–Crippen MR) is 121 cm³/mol. The molecule has 0 saturated carbocycles. The largest absolute Gasteiger partial charge is 0.416 e. The van der Waals surface area contributed by atoms with Crippen molar-refractivity contribution in [1.29, 1.82) is 5.26 Å². The Bertz CT molecular complexity index is 1270. The smallest absolute Gasteiger partial charge is 0.363 e. The second-order valence-corrected chi connectivity index (χ2v) is 9.22. The monoisotopic (exact) mass is 573 g/mol. The van der Waals surface area contributed by atoms with Gasteiger partial charge in [0.1, 0.15) is 17.3 Å². The van der Waals surface area contributed by atoms with E-state index in [1.807, 2.05) is 33.0 Å². The first-order valence-electron chi connectivity index (χ1n) is 9.49. The van der Waals surface area contributed by atoms with Gasteiger partial charge in [-0.2, -0.15) is 23.5 Å². The molecule has 1 aliphatic heterocycles. The molecule has 0 bridgehead atoms. The topological polar surface area (TPSA) is 92.6 Å². The first-order chi connectivity index (χ1) is 15.3. The van der Waals surface area contributed by atoms with Gasteiger partial charge < -0.3 is 4.90 Å². The Morgan fingerprint density at radius 2 is 2.06 bits per heavy atom. The van der Waals surface area contributed by atoms with Crippen LogP contribution in [0.2, 0.25) is 0 Å². The number of hydrogen-bond donors (Lipinski definition) is 0. The van der Waals surface area contributed by atoms with Crippen LogP contribution in [0.15, 0.2) is 35.3 Å². The average molecular weight is 573 g/mol. The van der Waals surface area contributed by atoms with Crippen LogP contribution in [0.25, 0.3) is 0 Å². The predicted octanol–water partition coefficient (Wildman–Crippen LogP) is 3.69. The van der Waals surface area contributed by atoms with Gasteiger partial charge in [0, 0.05) is 13.0 Å². The van der Waals surface area contributed by atoms with E-state index >= 15 is 0 Å². The third-order valence-electron chi connectivity index (χ3n) is 5.40. The van der Waals surface area contributed by atoms with Crippen LogP contribution in [0.1, 0.15) is 41.0 Å². The Balaban J connectivity index is 1.66. The van der Waals surface area contributed by atoms with Crippen LogP contribution in [0.3, 0.4) is 0 Å². The van der Waals surface area contributed by atoms with Crippen molar-refractivity contribution in [2.45, 2.75) is 32.1 Å². The lowest BCUT2D eigenvalue weighted by Gasteiger charge is -2.29. The van der Waals surface area contributed by atoms with E-state index in [4.69, 9.17) is 0 Å². The highest BCUT2D eigenvalue weighted by molar-refractivity contribution is 14.2. The highest BCUT2D eigenvalue weighted by Crippen LogP contribution is 2.36. The maximum atomic E-state index is 13.5. The lowest BCUT2D eigenvalue weighted by Crippen LogP contribution is -2.34. The maximum Gasteiger partial charge on any atom is 0.416 e. The van der Waals surface area contributed by atoms with Crippen molar-refractivity contribution in [2.75, 3.05) is 11.4 Å². The normalized spacial score (nSPS) is 15.1. The average Bonchev–Trinajstić information content (AvgIpc) is 3.21. The van der Waals surface area contributed by atoms with Crippen LogP contribution in [0, 0.1) is 11.3 Å². The molecule has 2 aromatic heterocycles. The second-order valence-electron chi connectivity index (χ2n) is 7.18. The molecule has 0 radical (unpaired) electrons. The molecule has 0 amide bonds. The van der Waals surface area contributed by atoms with E-state index in [1.54, 1.807) is 13.0 Å². The van der Waals surface area contributed by atoms with E-state index < -0.39 is 23.3 Å². The van der Waals surface area contributed by atoms with Crippen LogP contribution >= 0.6 is 28.4 Å². The summed E-state index contributed by atoms with van der Waals surface area (Å²) in [6, 6.07) is 6.74. The van der Waals surface area contributed by atoms with Gasteiger partial charge >= 0.3 is 6.18 Å². The Labute approximate surface area is 195 Å². The third-order valence-corrected chi connectivity index (χ3v) is 7.25. The van der Waals surface area contributed by atoms with Crippen molar-refractivity contribution in [3.05, 3.63) is 68.9 Å². The highest BCUT2D eigenvalue weighted by atomic mass is 127. The number of halogens is 4. The summed E-state index contributed by atoms with van der Waals surface area (Å²) in [6.45, 7) is 2.38. The summed E-state index contributed by atoms with van der Waals surface area (Å²) in [4.78, 5) is 14.3. The Morgan fingerprint density at radius 1 is 1.31 bits per heavy atom. The molecule has 13 heteroatoms. The molecule has 1 aromatic carbocycles. The molecule has 3 aromatic rings. The lowest BCUT2D eigenvalue weighted by atomic mass is 10.00. The minimum absolute atomic E-state index is 0.00693. The zero-order valence-corrected chi connectivity index (χ0v) is 19.8. The van der Waals surface area contributed by atoms with Crippen LogP contribution in [-0.2, 0) is 19.1 Å². The van der Waals surface area contributed by atoms with E-state index in [0.717, 1.165) is 11.8 Å². The van der Waals surface area contributed by atoms with Gasteiger partial charge in [0.05, 0.1) is 42.1 Å². The number of rotatable bonds is 4. The molecule has 0 saturated heterocycles. The number of anilines is 1. The molecule has 0 spiro atoms. The molecule has 8 nitrogen and oxygen atoms in total. The van der Waals surface area contributed by atoms with E-state index in [1.165, 1.54) is 27.5 Å². The number of aromatic nitrogens is 5. The van der Waals surface area contributed by atoms with Gasteiger partial charge in [0.2, 0.25) is 0 Å². The highest BCUT2D eigenvalue weighted by Gasteiger charge is 2.35. The Hall–Kier alpha value is -2.52. The minimum Gasteiger partial charge on any atom is -0.363 e. The van der Waals surface area contributed by atoms with Crippen molar-refractivity contribution < 1.29 is 13.2 Å². The van der Waals surface area contributed by atoms with Crippen LogP contribution < -0.4 is 10.5 Å². The van der Waals surface area contributed by atoms with E-state index in [0.29, 0.717) is 24.3 Å². The second kappa shape index (κ2) is 8.78. The number of fused-ring (bicyclic) bond motifs is 1. The summed E-state index contributed by atoms with van der Waals surface area (Å²) < 4.78 is 43.2. The molecular weight excluding hydrogens is 557 g/mol. The summed E-state index contributed by atoms with van der Waals surface area (Å²) in [6.07, 6.45) is -2.46. The zero-order chi connectivity index (χ0) is 23.0. The fourth-order valence-electron chi connectivity index (χ4n) is 3.85. The number of nitrogens with zero attached hydrogens (tertiary/aromatic N) is 7. The molecular formula is C19H16F3IN7OP. The van der Waals surface area contributed by atoms with E-state index in [2.05, 4.69) is 15.4 Å². The molecule has 3 heterocycles. The first-order valence-corrected chi connectivity index (χ1v) is 13.6. The van der Waals surface area contributed by atoms with Crippen LogP contribution in [-0.4, -0.2) is 31.1 Å². The van der Waals surface area contributed by atoms with Crippen molar-refractivity contribution in [1.82, 2.24) is 24.5 Å². The molecule has 166 valence electrons. The van der Waals surface area contributed by atoms with Gasteiger partial charge in [0.15, 0.2) is 0 Å².